The summed E-state index contributed by atoms with van der Waals surface area (Å²) in [5.74, 6) is -0.337. The molecule has 3 rings (SSSR count). The Labute approximate surface area is 166 Å². The molecular weight excluding hydrogens is 378 g/mol. The second-order valence-corrected chi connectivity index (χ2v) is 6.29. The molecular formula is C20H21N3O6. The van der Waals surface area contributed by atoms with Crippen molar-refractivity contribution in [1.82, 2.24) is 9.97 Å². The monoisotopic (exact) mass is 399 g/mol. The van der Waals surface area contributed by atoms with Gasteiger partial charge in [0.25, 0.3) is 5.56 Å². The Balaban J connectivity index is 2.32. The van der Waals surface area contributed by atoms with Crippen LogP contribution < -0.4 is 26.0 Å². The Hall–Kier alpha value is -3.75. The fourth-order valence-corrected chi connectivity index (χ4v) is 3.35. The molecule has 9 nitrogen and oxygen atoms in total. The van der Waals surface area contributed by atoms with Crippen molar-refractivity contribution in [1.29, 1.82) is 0 Å². The van der Waals surface area contributed by atoms with Crippen LogP contribution in [-0.2, 0) is 9.53 Å². The first-order chi connectivity index (χ1) is 13.9. The van der Waals surface area contributed by atoms with Crippen molar-refractivity contribution < 1.29 is 19.0 Å². The molecule has 9 heteroatoms. The number of hydrogen-bond donors (Lipinski definition) is 3. The fraction of sp³-hybridized carbons (Fsp3) is 0.250. The fourth-order valence-electron chi connectivity index (χ4n) is 3.35. The first-order valence-electron chi connectivity index (χ1n) is 8.75. The van der Waals surface area contributed by atoms with E-state index in [2.05, 4.69) is 21.9 Å². The van der Waals surface area contributed by atoms with Crippen LogP contribution in [0, 0.1) is 0 Å². The van der Waals surface area contributed by atoms with Crippen LogP contribution >= 0.6 is 0 Å². The van der Waals surface area contributed by atoms with Gasteiger partial charge in [-0.3, -0.25) is 14.8 Å². The maximum absolute atomic E-state index is 12.9. The molecule has 0 fully saturated rings. The summed E-state index contributed by atoms with van der Waals surface area (Å²) in [4.78, 5) is 42.2. The second-order valence-electron chi connectivity index (χ2n) is 6.29. The van der Waals surface area contributed by atoms with Crippen LogP contribution in [-0.4, -0.2) is 36.8 Å². The predicted molar refractivity (Wildman–Crippen MR) is 107 cm³/mol. The van der Waals surface area contributed by atoms with Gasteiger partial charge >= 0.3 is 11.7 Å². The van der Waals surface area contributed by atoms with Crippen molar-refractivity contribution in [2.24, 2.45) is 0 Å². The minimum Gasteiger partial charge on any atom is -0.497 e. The van der Waals surface area contributed by atoms with Gasteiger partial charge in [0.15, 0.2) is 0 Å². The van der Waals surface area contributed by atoms with Gasteiger partial charge in [-0.05, 0) is 25.1 Å². The molecule has 0 saturated carbocycles. The molecule has 1 aliphatic rings. The number of fused-ring (bicyclic) bond motifs is 1. The normalized spacial score (nSPS) is 15.2. The number of benzene rings is 1. The molecule has 1 aromatic carbocycles. The highest BCUT2D eigenvalue weighted by molar-refractivity contribution is 5.94. The van der Waals surface area contributed by atoms with Gasteiger partial charge in [-0.25, -0.2) is 9.59 Å². The Kier molecular flexibility index (Phi) is 5.58. The van der Waals surface area contributed by atoms with Crippen LogP contribution in [0.1, 0.15) is 24.0 Å². The maximum Gasteiger partial charge on any atom is 0.337 e. The molecule has 29 heavy (non-hydrogen) atoms. The average molecular weight is 399 g/mol. The number of allylic oxidation sites excluding steroid dienone is 1. The minimum atomic E-state index is -0.866. The number of carbonyl (C=O) groups is 1. The molecule has 3 N–H and O–H groups in total. The number of aromatic nitrogens is 2. The van der Waals surface area contributed by atoms with E-state index in [4.69, 9.17) is 14.2 Å². The zero-order chi connectivity index (χ0) is 21.1. The van der Waals surface area contributed by atoms with Crippen LogP contribution in [0.4, 0.5) is 5.82 Å². The van der Waals surface area contributed by atoms with Gasteiger partial charge in [-0.2, -0.15) is 0 Å². The summed E-state index contributed by atoms with van der Waals surface area (Å²) in [6, 6.07) is 5.06. The zero-order valence-electron chi connectivity index (χ0n) is 16.3. The molecule has 0 amide bonds. The molecule has 2 heterocycles. The van der Waals surface area contributed by atoms with Crippen molar-refractivity contribution >= 4 is 11.8 Å². The third-order valence-electron chi connectivity index (χ3n) is 4.57. The smallest absolute Gasteiger partial charge is 0.337 e. The molecule has 0 saturated heterocycles. The van der Waals surface area contributed by atoms with E-state index in [1.54, 1.807) is 25.1 Å². The first-order valence-corrected chi connectivity index (χ1v) is 8.75. The molecule has 152 valence electrons. The quantitative estimate of drug-likeness (QED) is 0.498. The number of H-pyrrole nitrogens is 2. The lowest BCUT2D eigenvalue weighted by molar-refractivity contribution is -0.138. The number of hydrogen-bond acceptors (Lipinski definition) is 7. The molecule has 1 atom stereocenters. The number of anilines is 1. The van der Waals surface area contributed by atoms with Gasteiger partial charge in [0.2, 0.25) is 0 Å². The van der Waals surface area contributed by atoms with Crippen molar-refractivity contribution in [2.75, 3.05) is 26.1 Å². The van der Waals surface area contributed by atoms with Gasteiger partial charge in [0.05, 0.1) is 31.3 Å². The summed E-state index contributed by atoms with van der Waals surface area (Å²) in [5.41, 5.74) is 0.0197. The number of nitrogens with one attached hydrogen (secondary N) is 3. The summed E-state index contributed by atoms with van der Waals surface area (Å²) >= 11 is 0. The van der Waals surface area contributed by atoms with Crippen LogP contribution in [0.2, 0.25) is 0 Å². The Morgan fingerprint density at radius 1 is 1.21 bits per heavy atom. The second kappa shape index (κ2) is 8.09. The lowest BCUT2D eigenvalue weighted by Crippen LogP contribution is -2.35. The summed E-state index contributed by atoms with van der Waals surface area (Å²) < 4.78 is 16.0. The third-order valence-corrected chi connectivity index (χ3v) is 4.57. The van der Waals surface area contributed by atoms with E-state index in [1.165, 1.54) is 20.3 Å². The van der Waals surface area contributed by atoms with Gasteiger partial charge in [0, 0.05) is 11.3 Å². The largest absolute Gasteiger partial charge is 0.497 e. The Morgan fingerprint density at radius 2 is 1.97 bits per heavy atom. The van der Waals surface area contributed by atoms with E-state index in [0.29, 0.717) is 22.8 Å². The first kappa shape index (κ1) is 20.0. The van der Waals surface area contributed by atoms with E-state index >= 15 is 0 Å². The van der Waals surface area contributed by atoms with Gasteiger partial charge in [0.1, 0.15) is 23.9 Å². The summed E-state index contributed by atoms with van der Waals surface area (Å²) in [5, 5.41) is 2.92. The molecule has 0 unspecified atom stereocenters. The number of carbonyl (C=O) groups excluding carboxylic acids is 1. The van der Waals surface area contributed by atoms with Crippen LogP contribution in [0.5, 0.6) is 11.5 Å². The predicted octanol–water partition coefficient (Wildman–Crippen LogP) is 1.64. The topological polar surface area (TPSA) is 123 Å². The van der Waals surface area contributed by atoms with Crippen molar-refractivity contribution in [3.63, 3.8) is 0 Å². The standard InChI is InChI=1S/C20H21N3O6/c1-5-8-29-19(25)14-10(2)21-17-16(18(24)23-20(26)22-17)15(14)12-9-11(27-3)6-7-13(12)28-4/h5-7,9,15H,1,8H2,2-4H3,(H3,21,22,23,24,26)/t15-/m0/s1. The number of esters is 1. The van der Waals surface area contributed by atoms with Gasteiger partial charge < -0.3 is 19.5 Å². The average Bonchev–Trinajstić information content (AvgIpc) is 2.70. The highest BCUT2D eigenvalue weighted by atomic mass is 16.5. The number of aromatic amines is 2. The SMILES string of the molecule is C=CCOC(=O)C1=C(C)Nc2[nH]c(=O)[nH]c(=O)c2[C@H]1c1cc(OC)ccc1OC. The molecule has 0 radical (unpaired) electrons. The molecule has 1 aromatic heterocycles. The van der Waals surface area contributed by atoms with Crippen LogP contribution in [0.25, 0.3) is 0 Å². The molecule has 2 aromatic rings. The third kappa shape index (κ3) is 3.66. The number of rotatable bonds is 6. The summed E-state index contributed by atoms with van der Waals surface area (Å²) in [6.07, 6.45) is 1.45. The lowest BCUT2D eigenvalue weighted by atomic mass is 9.81. The zero-order valence-corrected chi connectivity index (χ0v) is 16.3. The Bertz CT molecular complexity index is 1110. The Morgan fingerprint density at radius 3 is 2.62 bits per heavy atom. The van der Waals surface area contributed by atoms with E-state index in [1.807, 2.05) is 0 Å². The molecule has 1 aliphatic heterocycles. The van der Waals surface area contributed by atoms with E-state index in [0.717, 1.165) is 0 Å². The van der Waals surface area contributed by atoms with Crippen molar-refractivity contribution in [2.45, 2.75) is 12.8 Å². The number of ether oxygens (including phenoxy) is 3. The van der Waals surface area contributed by atoms with E-state index in [9.17, 15) is 14.4 Å². The molecule has 0 bridgehead atoms. The van der Waals surface area contributed by atoms with Crippen LogP contribution in [0.15, 0.2) is 51.7 Å². The summed E-state index contributed by atoms with van der Waals surface area (Å²) in [7, 11) is 2.99. The maximum atomic E-state index is 12.9. The molecule has 0 aliphatic carbocycles. The van der Waals surface area contributed by atoms with E-state index < -0.39 is 23.1 Å². The highest BCUT2D eigenvalue weighted by Gasteiger charge is 2.37. The van der Waals surface area contributed by atoms with Gasteiger partial charge in [-0.1, -0.05) is 12.7 Å². The van der Waals surface area contributed by atoms with Crippen LogP contribution in [0.3, 0.4) is 0 Å². The van der Waals surface area contributed by atoms with Crippen molar-refractivity contribution in [3.05, 3.63) is 74.1 Å². The van der Waals surface area contributed by atoms with E-state index in [-0.39, 0.29) is 23.6 Å². The van der Waals surface area contributed by atoms with Crippen molar-refractivity contribution in [3.8, 4) is 11.5 Å². The summed E-state index contributed by atoms with van der Waals surface area (Å²) in [6.45, 7) is 5.21. The molecule has 0 spiro atoms. The lowest BCUT2D eigenvalue weighted by Gasteiger charge is -2.29. The number of methoxy groups -OCH3 is 2. The minimum absolute atomic E-state index is 0.00637. The van der Waals surface area contributed by atoms with Gasteiger partial charge in [-0.15, -0.1) is 0 Å². The highest BCUT2D eigenvalue weighted by Crippen LogP contribution is 2.43.